The molecular weight excluding hydrogens is 254 g/mol. The Kier molecular flexibility index (Phi) is 2.95. The highest BCUT2D eigenvalue weighted by molar-refractivity contribution is 9.10. The minimum atomic E-state index is 0.408. The van der Waals surface area contributed by atoms with Crippen molar-refractivity contribution in [2.75, 3.05) is 11.4 Å². The molecular formula is C11H14BrN3. The predicted molar refractivity (Wildman–Crippen MR) is 67.2 cm³/mol. The Hall–Kier alpha value is -1.03. The Morgan fingerprint density at radius 1 is 1.47 bits per heavy atom. The molecule has 3 nitrogen and oxygen atoms in total. The van der Waals surface area contributed by atoms with Gasteiger partial charge in [-0.2, -0.15) is 0 Å². The number of aliphatic imine (C=N–C) groups is 1. The van der Waals surface area contributed by atoms with E-state index in [9.17, 15) is 0 Å². The van der Waals surface area contributed by atoms with Crippen molar-refractivity contribution in [2.45, 2.75) is 19.4 Å². The van der Waals surface area contributed by atoms with Gasteiger partial charge in [0.15, 0.2) is 5.96 Å². The summed E-state index contributed by atoms with van der Waals surface area (Å²) in [6.07, 6.45) is 1.06. The minimum Gasteiger partial charge on any atom is -0.370 e. The van der Waals surface area contributed by atoms with Crippen LogP contribution < -0.4 is 10.6 Å². The normalized spacial score (nSPS) is 20.5. The summed E-state index contributed by atoms with van der Waals surface area (Å²) in [7, 11) is 0. The summed E-state index contributed by atoms with van der Waals surface area (Å²) in [5, 5.41) is 0. The van der Waals surface area contributed by atoms with Crippen LogP contribution in [-0.2, 0) is 0 Å². The zero-order valence-corrected chi connectivity index (χ0v) is 10.2. The number of rotatable bonds is 2. The molecule has 15 heavy (non-hydrogen) atoms. The third-order valence-electron chi connectivity index (χ3n) is 2.65. The standard InChI is InChI=1S/C11H14BrN3/c1-2-9-7-14-11(13)15(9)10-5-3-8(12)4-6-10/h3-6,9H,2,7H2,1H3,(H2,13,14). The SMILES string of the molecule is CCC1CN=C(N)N1c1ccc(Br)cc1. The maximum Gasteiger partial charge on any atom is 0.196 e. The van der Waals surface area contributed by atoms with E-state index in [1.165, 1.54) is 0 Å². The van der Waals surface area contributed by atoms with Gasteiger partial charge in [-0.1, -0.05) is 22.9 Å². The molecule has 0 amide bonds. The highest BCUT2D eigenvalue weighted by Gasteiger charge is 2.25. The van der Waals surface area contributed by atoms with E-state index in [-0.39, 0.29) is 0 Å². The maximum atomic E-state index is 5.88. The summed E-state index contributed by atoms with van der Waals surface area (Å²) in [5.74, 6) is 0.629. The van der Waals surface area contributed by atoms with Crippen molar-refractivity contribution in [1.82, 2.24) is 0 Å². The van der Waals surface area contributed by atoms with Gasteiger partial charge in [-0.3, -0.25) is 4.99 Å². The number of halogens is 1. The van der Waals surface area contributed by atoms with E-state index >= 15 is 0 Å². The number of nitrogens with two attached hydrogens (primary N) is 1. The van der Waals surface area contributed by atoms with E-state index < -0.39 is 0 Å². The predicted octanol–water partition coefficient (Wildman–Crippen LogP) is 2.36. The first-order chi connectivity index (χ1) is 7.22. The molecule has 2 rings (SSSR count). The van der Waals surface area contributed by atoms with Gasteiger partial charge in [-0.25, -0.2) is 0 Å². The maximum absolute atomic E-state index is 5.88. The van der Waals surface area contributed by atoms with Gasteiger partial charge in [0.1, 0.15) is 0 Å². The fourth-order valence-electron chi connectivity index (χ4n) is 1.80. The fourth-order valence-corrected chi connectivity index (χ4v) is 2.06. The van der Waals surface area contributed by atoms with Crippen LogP contribution in [0.3, 0.4) is 0 Å². The molecule has 0 bridgehead atoms. The van der Waals surface area contributed by atoms with E-state index in [4.69, 9.17) is 5.73 Å². The average molecular weight is 268 g/mol. The lowest BCUT2D eigenvalue weighted by Gasteiger charge is -2.25. The molecule has 0 aromatic heterocycles. The van der Waals surface area contributed by atoms with Gasteiger partial charge in [0, 0.05) is 10.2 Å². The van der Waals surface area contributed by atoms with Crippen LogP contribution in [0, 0.1) is 0 Å². The van der Waals surface area contributed by atoms with E-state index in [0.717, 1.165) is 23.1 Å². The molecule has 4 heteroatoms. The summed E-state index contributed by atoms with van der Waals surface area (Å²) in [6, 6.07) is 8.56. The number of hydrogen-bond acceptors (Lipinski definition) is 3. The topological polar surface area (TPSA) is 41.6 Å². The smallest absolute Gasteiger partial charge is 0.196 e. The van der Waals surface area contributed by atoms with Gasteiger partial charge < -0.3 is 10.6 Å². The van der Waals surface area contributed by atoms with Gasteiger partial charge in [-0.15, -0.1) is 0 Å². The number of benzene rings is 1. The highest BCUT2D eigenvalue weighted by atomic mass is 79.9. The third kappa shape index (κ3) is 2.00. The van der Waals surface area contributed by atoms with Crippen molar-refractivity contribution in [3.63, 3.8) is 0 Å². The van der Waals surface area contributed by atoms with Crippen molar-refractivity contribution in [1.29, 1.82) is 0 Å². The van der Waals surface area contributed by atoms with Crippen LogP contribution in [0.15, 0.2) is 33.7 Å². The van der Waals surface area contributed by atoms with Gasteiger partial charge >= 0.3 is 0 Å². The van der Waals surface area contributed by atoms with Crippen LogP contribution in [0.1, 0.15) is 13.3 Å². The molecule has 0 spiro atoms. The molecule has 2 N–H and O–H groups in total. The van der Waals surface area contributed by atoms with Crippen molar-refractivity contribution in [3.8, 4) is 0 Å². The fraction of sp³-hybridized carbons (Fsp3) is 0.364. The lowest BCUT2D eigenvalue weighted by atomic mass is 10.2. The molecule has 1 heterocycles. The molecule has 1 aliphatic heterocycles. The third-order valence-corrected chi connectivity index (χ3v) is 3.18. The van der Waals surface area contributed by atoms with Gasteiger partial charge in [0.05, 0.1) is 12.6 Å². The zero-order chi connectivity index (χ0) is 10.8. The summed E-state index contributed by atoms with van der Waals surface area (Å²) in [5.41, 5.74) is 6.99. The Labute approximate surface area is 98.1 Å². The second-order valence-electron chi connectivity index (χ2n) is 3.61. The first-order valence-electron chi connectivity index (χ1n) is 5.07. The molecule has 1 aromatic rings. The first kappa shape index (κ1) is 10.5. The molecule has 0 aliphatic carbocycles. The average Bonchev–Trinajstić information content (AvgIpc) is 2.61. The lowest BCUT2D eigenvalue weighted by molar-refractivity contribution is 0.684. The van der Waals surface area contributed by atoms with Crippen molar-refractivity contribution < 1.29 is 0 Å². The van der Waals surface area contributed by atoms with Crippen LogP contribution in [0.4, 0.5) is 5.69 Å². The van der Waals surface area contributed by atoms with Crippen LogP contribution in [-0.4, -0.2) is 18.5 Å². The van der Waals surface area contributed by atoms with E-state index in [1.807, 2.05) is 12.1 Å². The monoisotopic (exact) mass is 267 g/mol. The number of guanidine groups is 1. The summed E-state index contributed by atoms with van der Waals surface area (Å²) < 4.78 is 1.08. The molecule has 80 valence electrons. The molecule has 1 aromatic carbocycles. The number of nitrogens with zero attached hydrogens (tertiary/aromatic N) is 2. The molecule has 0 saturated carbocycles. The first-order valence-corrected chi connectivity index (χ1v) is 5.86. The Balaban J connectivity index is 2.28. The van der Waals surface area contributed by atoms with E-state index in [0.29, 0.717) is 12.0 Å². The van der Waals surface area contributed by atoms with Gasteiger partial charge in [0.2, 0.25) is 0 Å². The van der Waals surface area contributed by atoms with E-state index in [1.54, 1.807) is 0 Å². The number of hydrogen-bond donors (Lipinski definition) is 1. The van der Waals surface area contributed by atoms with Crippen molar-refractivity contribution in [2.24, 2.45) is 10.7 Å². The Morgan fingerprint density at radius 3 is 2.73 bits per heavy atom. The highest BCUT2D eigenvalue weighted by Crippen LogP contribution is 2.24. The van der Waals surface area contributed by atoms with Gasteiger partial charge in [-0.05, 0) is 30.7 Å². The zero-order valence-electron chi connectivity index (χ0n) is 8.65. The molecule has 1 atom stereocenters. The van der Waals surface area contributed by atoms with Crippen LogP contribution >= 0.6 is 15.9 Å². The second kappa shape index (κ2) is 4.23. The van der Waals surface area contributed by atoms with Crippen LogP contribution in [0.5, 0.6) is 0 Å². The lowest BCUT2D eigenvalue weighted by Crippen LogP contribution is -2.40. The second-order valence-corrected chi connectivity index (χ2v) is 4.52. The van der Waals surface area contributed by atoms with Crippen molar-refractivity contribution >= 4 is 27.6 Å². The minimum absolute atomic E-state index is 0.408. The van der Waals surface area contributed by atoms with Crippen LogP contribution in [0.2, 0.25) is 0 Å². The molecule has 1 aliphatic rings. The Bertz CT molecular complexity index is 372. The molecule has 0 radical (unpaired) electrons. The summed E-state index contributed by atoms with van der Waals surface area (Å²) in [4.78, 5) is 6.38. The van der Waals surface area contributed by atoms with Crippen LogP contribution in [0.25, 0.3) is 0 Å². The largest absolute Gasteiger partial charge is 0.370 e. The van der Waals surface area contributed by atoms with E-state index in [2.05, 4.69) is 44.9 Å². The quantitative estimate of drug-likeness (QED) is 0.894. The molecule has 0 fully saturated rings. The summed E-state index contributed by atoms with van der Waals surface area (Å²) >= 11 is 3.42. The molecule has 0 saturated heterocycles. The van der Waals surface area contributed by atoms with Crippen molar-refractivity contribution in [3.05, 3.63) is 28.7 Å². The van der Waals surface area contributed by atoms with Gasteiger partial charge in [0.25, 0.3) is 0 Å². The summed E-state index contributed by atoms with van der Waals surface area (Å²) in [6.45, 7) is 2.96. The number of anilines is 1. The molecule has 1 unspecified atom stereocenters. The Morgan fingerprint density at radius 2 is 2.13 bits per heavy atom.